The van der Waals surface area contributed by atoms with Crippen LogP contribution in [0.2, 0.25) is 0 Å². The molecule has 0 bridgehead atoms. The Kier molecular flexibility index (Phi) is 7.39. The minimum absolute atomic E-state index is 0. The molecule has 0 aliphatic rings. The largest absolute Gasteiger partial charge is 0.491 e. The molecule has 5 heteroatoms. The molecule has 0 amide bonds. The zero-order chi connectivity index (χ0) is 12.8. The Morgan fingerprint density at radius 2 is 1.83 bits per heavy atom. The Morgan fingerprint density at radius 1 is 1.28 bits per heavy atom. The van der Waals surface area contributed by atoms with E-state index in [1.807, 2.05) is 13.8 Å². The highest BCUT2D eigenvalue weighted by Crippen LogP contribution is 2.18. The van der Waals surface area contributed by atoms with E-state index in [0.717, 1.165) is 11.3 Å². The predicted molar refractivity (Wildman–Crippen MR) is 73.0 cm³/mol. The van der Waals surface area contributed by atoms with Crippen molar-refractivity contribution in [1.29, 1.82) is 0 Å². The first-order valence-electron chi connectivity index (χ1n) is 5.73. The Bertz CT molecular complexity index is 365. The van der Waals surface area contributed by atoms with E-state index in [0.29, 0.717) is 6.61 Å². The summed E-state index contributed by atoms with van der Waals surface area (Å²) in [5.41, 5.74) is 6.48. The standard InChI is InChI=1S/C13H19NO3.ClH/c1-4-16-13(15)12(14)10-5-7-11(8-6-10)17-9(2)3;/h5-9,12H,4,14H2,1-3H3;1H. The molecule has 1 unspecified atom stereocenters. The third-order valence-corrected chi connectivity index (χ3v) is 2.15. The van der Waals surface area contributed by atoms with E-state index in [4.69, 9.17) is 15.2 Å². The van der Waals surface area contributed by atoms with Crippen LogP contribution in [0.3, 0.4) is 0 Å². The van der Waals surface area contributed by atoms with Gasteiger partial charge in [-0.2, -0.15) is 0 Å². The van der Waals surface area contributed by atoms with Crippen LogP contribution in [0.25, 0.3) is 0 Å². The second-order valence-corrected chi connectivity index (χ2v) is 3.97. The summed E-state index contributed by atoms with van der Waals surface area (Å²) in [6.45, 7) is 6.00. The maximum atomic E-state index is 11.4. The molecule has 18 heavy (non-hydrogen) atoms. The molecule has 102 valence electrons. The van der Waals surface area contributed by atoms with Crippen molar-refractivity contribution < 1.29 is 14.3 Å². The summed E-state index contributed by atoms with van der Waals surface area (Å²) < 4.78 is 10.4. The molecule has 0 spiro atoms. The van der Waals surface area contributed by atoms with Crippen molar-refractivity contribution in [2.45, 2.75) is 32.9 Å². The lowest BCUT2D eigenvalue weighted by Gasteiger charge is -2.13. The van der Waals surface area contributed by atoms with Crippen molar-refractivity contribution in [2.24, 2.45) is 5.73 Å². The van der Waals surface area contributed by atoms with E-state index in [-0.39, 0.29) is 18.5 Å². The Hall–Kier alpha value is -1.26. The first-order chi connectivity index (χ1) is 8.04. The second kappa shape index (κ2) is 7.95. The molecule has 1 atom stereocenters. The predicted octanol–water partition coefficient (Wildman–Crippen LogP) is 2.46. The van der Waals surface area contributed by atoms with Crippen LogP contribution < -0.4 is 10.5 Å². The van der Waals surface area contributed by atoms with Crippen LogP contribution in [0.4, 0.5) is 0 Å². The monoisotopic (exact) mass is 273 g/mol. The Labute approximate surface area is 114 Å². The zero-order valence-electron chi connectivity index (χ0n) is 10.9. The number of carbonyl (C=O) groups excluding carboxylic acids is 1. The van der Waals surface area contributed by atoms with Crippen LogP contribution >= 0.6 is 12.4 Å². The Morgan fingerprint density at radius 3 is 2.28 bits per heavy atom. The van der Waals surface area contributed by atoms with Gasteiger partial charge in [0.1, 0.15) is 11.8 Å². The quantitative estimate of drug-likeness (QED) is 0.837. The van der Waals surface area contributed by atoms with Crippen LogP contribution in [0.5, 0.6) is 5.75 Å². The van der Waals surface area contributed by atoms with Crippen LogP contribution in [0, 0.1) is 0 Å². The molecular weight excluding hydrogens is 254 g/mol. The van der Waals surface area contributed by atoms with Crippen molar-refractivity contribution in [3.05, 3.63) is 29.8 Å². The smallest absolute Gasteiger partial charge is 0.327 e. The summed E-state index contributed by atoms with van der Waals surface area (Å²) in [5, 5.41) is 0. The summed E-state index contributed by atoms with van der Waals surface area (Å²) in [6, 6.07) is 6.42. The maximum Gasteiger partial charge on any atom is 0.327 e. The van der Waals surface area contributed by atoms with Gasteiger partial charge in [0.2, 0.25) is 0 Å². The fourth-order valence-electron chi connectivity index (χ4n) is 1.39. The molecule has 0 heterocycles. The molecule has 0 radical (unpaired) electrons. The van der Waals surface area contributed by atoms with Gasteiger partial charge >= 0.3 is 5.97 Å². The van der Waals surface area contributed by atoms with Crippen LogP contribution in [-0.4, -0.2) is 18.7 Å². The van der Waals surface area contributed by atoms with Gasteiger partial charge in [-0.15, -0.1) is 12.4 Å². The molecule has 2 N–H and O–H groups in total. The molecule has 1 aromatic carbocycles. The minimum Gasteiger partial charge on any atom is -0.491 e. The molecule has 0 saturated carbocycles. The SMILES string of the molecule is CCOC(=O)C(N)c1ccc(OC(C)C)cc1.Cl. The molecule has 0 aliphatic carbocycles. The number of esters is 1. The molecule has 1 aromatic rings. The number of halogens is 1. The highest BCUT2D eigenvalue weighted by atomic mass is 35.5. The summed E-state index contributed by atoms with van der Waals surface area (Å²) in [7, 11) is 0. The normalized spacial score (nSPS) is 11.6. The van der Waals surface area contributed by atoms with Gasteiger partial charge in [0.15, 0.2) is 0 Å². The van der Waals surface area contributed by atoms with Crippen molar-refractivity contribution in [3.8, 4) is 5.75 Å². The minimum atomic E-state index is -0.733. The van der Waals surface area contributed by atoms with Crippen LogP contribution in [0.15, 0.2) is 24.3 Å². The fourth-order valence-corrected chi connectivity index (χ4v) is 1.39. The number of ether oxygens (including phenoxy) is 2. The molecule has 0 fully saturated rings. The molecule has 4 nitrogen and oxygen atoms in total. The van der Waals surface area contributed by atoms with Crippen molar-refractivity contribution in [3.63, 3.8) is 0 Å². The van der Waals surface area contributed by atoms with Gasteiger partial charge in [0, 0.05) is 0 Å². The van der Waals surface area contributed by atoms with E-state index in [1.165, 1.54) is 0 Å². The third kappa shape index (κ3) is 4.94. The van der Waals surface area contributed by atoms with Crippen molar-refractivity contribution >= 4 is 18.4 Å². The lowest BCUT2D eigenvalue weighted by Crippen LogP contribution is -2.23. The number of benzene rings is 1. The summed E-state index contributed by atoms with van der Waals surface area (Å²) in [4.78, 5) is 11.4. The molecule has 0 aliphatic heterocycles. The van der Waals surface area contributed by atoms with Gasteiger partial charge in [-0.05, 0) is 38.5 Å². The molecule has 1 rings (SSSR count). The first kappa shape index (κ1) is 16.7. The lowest BCUT2D eigenvalue weighted by atomic mass is 10.1. The summed E-state index contributed by atoms with van der Waals surface area (Å²) in [5.74, 6) is 0.352. The van der Waals surface area contributed by atoms with E-state index in [2.05, 4.69) is 0 Å². The number of hydrogen-bond acceptors (Lipinski definition) is 4. The highest BCUT2D eigenvalue weighted by Gasteiger charge is 2.16. The average Bonchev–Trinajstić information content (AvgIpc) is 2.28. The first-order valence-corrected chi connectivity index (χ1v) is 5.73. The third-order valence-electron chi connectivity index (χ3n) is 2.15. The number of rotatable bonds is 5. The maximum absolute atomic E-state index is 11.4. The van der Waals surface area contributed by atoms with Crippen molar-refractivity contribution in [1.82, 2.24) is 0 Å². The van der Waals surface area contributed by atoms with E-state index >= 15 is 0 Å². The number of nitrogens with two attached hydrogens (primary N) is 1. The number of carbonyl (C=O) groups is 1. The Balaban J connectivity index is 0.00000289. The fraction of sp³-hybridized carbons (Fsp3) is 0.462. The van der Waals surface area contributed by atoms with Crippen LogP contribution in [-0.2, 0) is 9.53 Å². The molecule has 0 aromatic heterocycles. The summed E-state index contributed by atoms with van der Waals surface area (Å²) >= 11 is 0. The van der Waals surface area contributed by atoms with Gasteiger partial charge < -0.3 is 15.2 Å². The molecular formula is C13H20ClNO3. The van der Waals surface area contributed by atoms with Crippen LogP contribution in [0.1, 0.15) is 32.4 Å². The topological polar surface area (TPSA) is 61.5 Å². The molecule has 0 saturated heterocycles. The van der Waals surface area contributed by atoms with Gasteiger partial charge in [0.25, 0.3) is 0 Å². The van der Waals surface area contributed by atoms with Crippen molar-refractivity contribution in [2.75, 3.05) is 6.61 Å². The second-order valence-electron chi connectivity index (χ2n) is 3.97. The van der Waals surface area contributed by atoms with Gasteiger partial charge in [0.05, 0.1) is 12.7 Å². The van der Waals surface area contributed by atoms with E-state index in [9.17, 15) is 4.79 Å². The summed E-state index contributed by atoms with van der Waals surface area (Å²) in [6.07, 6.45) is 0.125. The van der Waals surface area contributed by atoms with Gasteiger partial charge in [-0.1, -0.05) is 12.1 Å². The zero-order valence-corrected chi connectivity index (χ0v) is 11.7. The van der Waals surface area contributed by atoms with E-state index < -0.39 is 12.0 Å². The number of hydrogen-bond donors (Lipinski definition) is 1. The van der Waals surface area contributed by atoms with E-state index in [1.54, 1.807) is 31.2 Å². The highest BCUT2D eigenvalue weighted by molar-refractivity contribution is 5.85. The lowest BCUT2D eigenvalue weighted by molar-refractivity contribution is -0.144. The average molecular weight is 274 g/mol. The van der Waals surface area contributed by atoms with Gasteiger partial charge in [-0.3, -0.25) is 0 Å². The van der Waals surface area contributed by atoms with Gasteiger partial charge in [-0.25, -0.2) is 4.79 Å².